The van der Waals surface area contributed by atoms with Gasteiger partial charge in [-0.3, -0.25) is 4.79 Å². The number of carbonyl (C=O) groups excluding carboxylic acids is 1. The fourth-order valence-corrected chi connectivity index (χ4v) is 2.17. The average molecular weight is 260 g/mol. The van der Waals surface area contributed by atoms with Crippen LogP contribution in [0, 0.1) is 0 Å². The van der Waals surface area contributed by atoms with Gasteiger partial charge in [0.2, 0.25) is 0 Å². The van der Waals surface area contributed by atoms with E-state index in [1.54, 1.807) is 0 Å². The minimum Gasteiger partial charge on any atom is -0.393 e. The first-order valence-corrected chi connectivity index (χ1v) is 6.63. The Labute approximate surface area is 113 Å². The Bertz CT molecular complexity index is 575. The van der Waals surface area contributed by atoms with Gasteiger partial charge in [0.15, 0.2) is 0 Å². The summed E-state index contributed by atoms with van der Waals surface area (Å²) in [6, 6.07) is 7.83. The largest absolute Gasteiger partial charge is 0.393 e. The molecule has 0 radical (unpaired) electrons. The van der Waals surface area contributed by atoms with Crippen LogP contribution in [0.2, 0.25) is 0 Å². The summed E-state index contributed by atoms with van der Waals surface area (Å²) < 4.78 is 1.95. The molecule has 1 heterocycles. The Hall–Kier alpha value is -1.81. The van der Waals surface area contributed by atoms with Crippen molar-refractivity contribution in [3.05, 3.63) is 36.0 Å². The second kappa shape index (κ2) is 5.89. The van der Waals surface area contributed by atoms with E-state index >= 15 is 0 Å². The summed E-state index contributed by atoms with van der Waals surface area (Å²) >= 11 is 0. The third-order valence-corrected chi connectivity index (χ3v) is 3.38. The van der Waals surface area contributed by atoms with Crippen LogP contribution in [-0.2, 0) is 7.05 Å². The second-order valence-corrected chi connectivity index (χ2v) is 4.78. The molecule has 0 aliphatic rings. The zero-order chi connectivity index (χ0) is 13.8. The molecule has 4 nitrogen and oxygen atoms in total. The molecular formula is C15H20N2O2. The van der Waals surface area contributed by atoms with Gasteiger partial charge in [-0.25, -0.2) is 0 Å². The van der Waals surface area contributed by atoms with E-state index in [9.17, 15) is 9.90 Å². The van der Waals surface area contributed by atoms with E-state index in [4.69, 9.17) is 0 Å². The van der Waals surface area contributed by atoms with Crippen molar-refractivity contribution in [2.45, 2.75) is 25.9 Å². The molecule has 2 rings (SSSR count). The van der Waals surface area contributed by atoms with E-state index < -0.39 is 0 Å². The van der Waals surface area contributed by atoms with Crippen LogP contribution in [0.3, 0.4) is 0 Å². The summed E-state index contributed by atoms with van der Waals surface area (Å²) in [5.41, 5.74) is 1.73. The number of aliphatic hydroxyl groups is 1. The number of aryl methyl sites for hydroxylation is 1. The number of benzene rings is 1. The molecule has 0 bridgehead atoms. The lowest BCUT2D eigenvalue weighted by atomic mass is 10.1. The van der Waals surface area contributed by atoms with Crippen molar-refractivity contribution >= 4 is 16.8 Å². The molecule has 0 aliphatic heterocycles. The lowest BCUT2D eigenvalue weighted by Crippen LogP contribution is -2.26. The Balaban J connectivity index is 2.09. The zero-order valence-electron chi connectivity index (χ0n) is 11.4. The van der Waals surface area contributed by atoms with Gasteiger partial charge in [-0.15, -0.1) is 0 Å². The SMILES string of the molecule is CCC(O)CCNC(=O)c1cn(C)c2ccccc12. The van der Waals surface area contributed by atoms with Gasteiger partial charge in [-0.2, -0.15) is 0 Å². The minimum atomic E-state index is -0.340. The lowest BCUT2D eigenvalue weighted by molar-refractivity contribution is 0.0943. The van der Waals surface area contributed by atoms with Gasteiger partial charge in [0.05, 0.1) is 11.7 Å². The highest BCUT2D eigenvalue weighted by Crippen LogP contribution is 2.19. The summed E-state index contributed by atoms with van der Waals surface area (Å²) in [5, 5.41) is 13.3. The molecule has 0 saturated carbocycles. The number of hydrogen-bond donors (Lipinski definition) is 2. The third kappa shape index (κ3) is 2.96. The average Bonchev–Trinajstić information content (AvgIpc) is 2.76. The van der Waals surface area contributed by atoms with Gasteiger partial charge in [0.25, 0.3) is 5.91 Å². The Morgan fingerprint density at radius 3 is 2.89 bits per heavy atom. The van der Waals surface area contributed by atoms with Crippen molar-refractivity contribution in [3.63, 3.8) is 0 Å². The van der Waals surface area contributed by atoms with Gasteiger partial charge in [-0.05, 0) is 18.9 Å². The highest BCUT2D eigenvalue weighted by molar-refractivity contribution is 6.06. The minimum absolute atomic E-state index is 0.0832. The predicted molar refractivity (Wildman–Crippen MR) is 76.2 cm³/mol. The molecule has 1 amide bonds. The quantitative estimate of drug-likeness (QED) is 0.864. The van der Waals surface area contributed by atoms with E-state index in [1.165, 1.54) is 0 Å². The van der Waals surface area contributed by atoms with Crippen LogP contribution in [0.1, 0.15) is 30.1 Å². The topological polar surface area (TPSA) is 54.3 Å². The monoisotopic (exact) mass is 260 g/mol. The molecule has 1 unspecified atom stereocenters. The summed E-state index contributed by atoms with van der Waals surface area (Å²) in [6.07, 6.45) is 2.81. The third-order valence-electron chi connectivity index (χ3n) is 3.38. The molecule has 4 heteroatoms. The van der Waals surface area contributed by atoms with Crippen LogP contribution in [0.4, 0.5) is 0 Å². The molecule has 1 aromatic heterocycles. The first-order valence-electron chi connectivity index (χ1n) is 6.63. The zero-order valence-corrected chi connectivity index (χ0v) is 11.4. The van der Waals surface area contributed by atoms with Crippen LogP contribution in [0.5, 0.6) is 0 Å². The Kier molecular flexibility index (Phi) is 4.22. The fraction of sp³-hybridized carbons (Fsp3) is 0.400. The summed E-state index contributed by atoms with van der Waals surface area (Å²) in [4.78, 5) is 12.1. The van der Waals surface area contributed by atoms with Gasteiger partial charge in [0.1, 0.15) is 0 Å². The van der Waals surface area contributed by atoms with Crippen LogP contribution in [0.15, 0.2) is 30.5 Å². The van der Waals surface area contributed by atoms with E-state index in [-0.39, 0.29) is 12.0 Å². The van der Waals surface area contributed by atoms with Crippen LogP contribution in [-0.4, -0.2) is 28.2 Å². The normalized spacial score (nSPS) is 12.6. The van der Waals surface area contributed by atoms with Crippen LogP contribution in [0.25, 0.3) is 10.9 Å². The maximum absolute atomic E-state index is 12.1. The fourth-order valence-electron chi connectivity index (χ4n) is 2.17. The molecule has 1 aromatic carbocycles. The van der Waals surface area contributed by atoms with Gasteiger partial charge >= 0.3 is 0 Å². The molecule has 0 spiro atoms. The van der Waals surface area contributed by atoms with Gasteiger partial charge in [0, 0.05) is 30.7 Å². The number of nitrogens with one attached hydrogen (secondary N) is 1. The van der Waals surface area contributed by atoms with Gasteiger partial charge < -0.3 is 15.0 Å². The first kappa shape index (κ1) is 13.6. The van der Waals surface area contributed by atoms with Crippen molar-refractivity contribution in [3.8, 4) is 0 Å². The Morgan fingerprint density at radius 1 is 1.42 bits per heavy atom. The molecule has 102 valence electrons. The lowest BCUT2D eigenvalue weighted by Gasteiger charge is -2.08. The molecular weight excluding hydrogens is 240 g/mol. The van der Waals surface area contributed by atoms with Crippen molar-refractivity contribution in [2.75, 3.05) is 6.54 Å². The van der Waals surface area contributed by atoms with E-state index in [0.29, 0.717) is 24.9 Å². The number of carbonyl (C=O) groups is 1. The number of hydrogen-bond acceptors (Lipinski definition) is 2. The van der Waals surface area contributed by atoms with Crippen molar-refractivity contribution in [2.24, 2.45) is 7.05 Å². The summed E-state index contributed by atoms with van der Waals surface area (Å²) in [6.45, 7) is 2.42. The van der Waals surface area contributed by atoms with Crippen molar-refractivity contribution < 1.29 is 9.90 Å². The first-order chi connectivity index (χ1) is 9.13. The van der Waals surface area contributed by atoms with Crippen LogP contribution < -0.4 is 5.32 Å². The smallest absolute Gasteiger partial charge is 0.253 e. The molecule has 0 aliphatic carbocycles. The van der Waals surface area contributed by atoms with Crippen molar-refractivity contribution in [1.29, 1.82) is 0 Å². The second-order valence-electron chi connectivity index (χ2n) is 4.78. The number of para-hydroxylation sites is 1. The Morgan fingerprint density at radius 2 is 2.16 bits per heavy atom. The number of amides is 1. The molecule has 2 N–H and O–H groups in total. The van der Waals surface area contributed by atoms with E-state index in [2.05, 4.69) is 5.32 Å². The number of aliphatic hydroxyl groups excluding tert-OH is 1. The van der Waals surface area contributed by atoms with Gasteiger partial charge in [-0.1, -0.05) is 25.1 Å². The summed E-state index contributed by atoms with van der Waals surface area (Å²) in [5.74, 6) is -0.0832. The molecule has 0 saturated heterocycles. The summed E-state index contributed by atoms with van der Waals surface area (Å²) in [7, 11) is 1.93. The molecule has 1 atom stereocenters. The molecule has 2 aromatic rings. The highest BCUT2D eigenvalue weighted by Gasteiger charge is 2.13. The number of fused-ring (bicyclic) bond motifs is 1. The predicted octanol–water partition coefficient (Wildman–Crippen LogP) is 2.07. The number of nitrogens with zero attached hydrogens (tertiary/aromatic N) is 1. The van der Waals surface area contributed by atoms with E-state index in [1.807, 2.05) is 49.0 Å². The number of rotatable bonds is 5. The molecule has 0 fully saturated rings. The van der Waals surface area contributed by atoms with Crippen molar-refractivity contribution in [1.82, 2.24) is 9.88 Å². The standard InChI is InChI=1S/C15H20N2O2/c1-3-11(18)8-9-16-15(19)13-10-17(2)14-7-5-4-6-12(13)14/h4-7,10-11,18H,3,8-9H2,1-2H3,(H,16,19). The maximum atomic E-state index is 12.1. The highest BCUT2D eigenvalue weighted by atomic mass is 16.3. The van der Waals surface area contributed by atoms with E-state index in [0.717, 1.165) is 10.9 Å². The van der Waals surface area contributed by atoms with Crippen LogP contribution >= 0.6 is 0 Å². The number of aromatic nitrogens is 1. The maximum Gasteiger partial charge on any atom is 0.253 e. The molecule has 19 heavy (non-hydrogen) atoms.